The molecule has 1 aromatic rings. The summed E-state index contributed by atoms with van der Waals surface area (Å²) in [6, 6.07) is 3.01. The Kier molecular flexibility index (Phi) is 4.77. The van der Waals surface area contributed by atoms with Gasteiger partial charge in [-0.05, 0) is 39.0 Å². The maximum Gasteiger partial charge on any atom is 0.139 e. The number of halogens is 2. The Morgan fingerprint density at radius 1 is 1.29 bits per heavy atom. The highest BCUT2D eigenvalue weighted by Crippen LogP contribution is 2.14. The fraction of sp³-hybridized carbons (Fsp3) is 0.500. The third-order valence-electron chi connectivity index (χ3n) is 2.08. The molecule has 17 heavy (non-hydrogen) atoms. The molecule has 0 radical (unpaired) electrons. The topological polar surface area (TPSA) is 29.1 Å². The van der Waals surface area contributed by atoms with Gasteiger partial charge >= 0.3 is 0 Å². The zero-order chi connectivity index (χ0) is 13.1. The minimum absolute atomic E-state index is 0.0688. The van der Waals surface area contributed by atoms with E-state index in [0.717, 1.165) is 18.2 Å². The quantitative estimate of drug-likeness (QED) is 0.902. The molecule has 1 unspecified atom stereocenters. The van der Waals surface area contributed by atoms with Crippen LogP contribution in [0.15, 0.2) is 23.1 Å². The first kappa shape index (κ1) is 14.3. The van der Waals surface area contributed by atoms with Crippen molar-refractivity contribution >= 4 is 10.8 Å². The van der Waals surface area contributed by atoms with Crippen molar-refractivity contribution in [3.8, 4) is 0 Å². The summed E-state index contributed by atoms with van der Waals surface area (Å²) in [6.07, 6.45) is 0. The molecule has 0 aromatic heterocycles. The third kappa shape index (κ3) is 4.91. The second-order valence-electron chi connectivity index (χ2n) is 4.80. The lowest BCUT2D eigenvalue weighted by Crippen LogP contribution is -2.38. The Bertz CT molecular complexity index is 415. The molecule has 0 saturated heterocycles. The van der Waals surface area contributed by atoms with Gasteiger partial charge in [0.05, 0.1) is 15.7 Å². The van der Waals surface area contributed by atoms with Crippen molar-refractivity contribution in [2.45, 2.75) is 31.2 Å². The lowest BCUT2D eigenvalue weighted by Gasteiger charge is -2.20. The largest absolute Gasteiger partial charge is 0.311 e. The summed E-state index contributed by atoms with van der Waals surface area (Å²) < 4.78 is 38.0. The highest BCUT2D eigenvalue weighted by atomic mass is 32.2. The number of benzene rings is 1. The summed E-state index contributed by atoms with van der Waals surface area (Å²) in [5, 5.41) is 3.15. The van der Waals surface area contributed by atoms with E-state index in [-0.39, 0.29) is 16.2 Å². The second kappa shape index (κ2) is 5.69. The second-order valence-corrected chi connectivity index (χ2v) is 6.34. The van der Waals surface area contributed by atoms with Crippen molar-refractivity contribution < 1.29 is 13.0 Å². The fourth-order valence-corrected chi connectivity index (χ4v) is 2.32. The standard InChI is InChI=1S/C12H17F2NOS/c1-12(2,3)15-6-7-17(16)11-8-9(13)4-5-10(11)14/h4-5,8,15H,6-7H2,1-3H3. The van der Waals surface area contributed by atoms with Crippen molar-refractivity contribution in [3.05, 3.63) is 29.8 Å². The van der Waals surface area contributed by atoms with E-state index >= 15 is 0 Å². The molecule has 0 amide bonds. The Morgan fingerprint density at radius 3 is 2.53 bits per heavy atom. The van der Waals surface area contributed by atoms with Gasteiger partial charge in [0.15, 0.2) is 0 Å². The molecule has 5 heteroatoms. The van der Waals surface area contributed by atoms with Gasteiger partial charge in [0.25, 0.3) is 0 Å². The van der Waals surface area contributed by atoms with Crippen molar-refractivity contribution in [1.29, 1.82) is 0 Å². The molecule has 96 valence electrons. The number of hydrogen-bond donors (Lipinski definition) is 1. The Hall–Kier alpha value is -0.810. The van der Waals surface area contributed by atoms with Crippen LogP contribution in [0.4, 0.5) is 8.78 Å². The molecular weight excluding hydrogens is 244 g/mol. The van der Waals surface area contributed by atoms with Crippen LogP contribution in [-0.4, -0.2) is 22.0 Å². The van der Waals surface area contributed by atoms with E-state index in [1.807, 2.05) is 20.8 Å². The van der Waals surface area contributed by atoms with Gasteiger partial charge in [-0.3, -0.25) is 4.21 Å². The highest BCUT2D eigenvalue weighted by Gasteiger charge is 2.13. The van der Waals surface area contributed by atoms with Gasteiger partial charge < -0.3 is 5.32 Å². The molecule has 1 N–H and O–H groups in total. The van der Waals surface area contributed by atoms with Crippen LogP contribution in [0.25, 0.3) is 0 Å². The molecule has 0 fully saturated rings. The van der Waals surface area contributed by atoms with Gasteiger partial charge in [0.2, 0.25) is 0 Å². The van der Waals surface area contributed by atoms with Crippen LogP contribution in [0.3, 0.4) is 0 Å². The van der Waals surface area contributed by atoms with E-state index in [4.69, 9.17) is 0 Å². The maximum absolute atomic E-state index is 13.3. The SMILES string of the molecule is CC(C)(C)NCCS(=O)c1cc(F)ccc1F. The van der Waals surface area contributed by atoms with Crippen LogP contribution < -0.4 is 5.32 Å². The zero-order valence-electron chi connectivity index (χ0n) is 10.2. The summed E-state index contributed by atoms with van der Waals surface area (Å²) in [5.41, 5.74) is -0.0787. The number of rotatable bonds is 4. The summed E-state index contributed by atoms with van der Waals surface area (Å²) in [6.45, 7) is 6.45. The van der Waals surface area contributed by atoms with E-state index < -0.39 is 22.4 Å². The predicted octanol–water partition coefficient (Wildman–Crippen LogP) is 2.46. The van der Waals surface area contributed by atoms with Gasteiger partial charge in [-0.25, -0.2) is 8.78 Å². The first-order valence-corrected chi connectivity index (χ1v) is 6.70. The lowest BCUT2D eigenvalue weighted by molar-refractivity contribution is 0.440. The van der Waals surface area contributed by atoms with Crippen molar-refractivity contribution in [2.75, 3.05) is 12.3 Å². The van der Waals surface area contributed by atoms with E-state index in [0.29, 0.717) is 6.54 Å². The number of hydrogen-bond acceptors (Lipinski definition) is 2. The van der Waals surface area contributed by atoms with Crippen molar-refractivity contribution in [3.63, 3.8) is 0 Å². The Morgan fingerprint density at radius 2 is 1.94 bits per heavy atom. The molecule has 0 bridgehead atoms. The molecule has 1 rings (SSSR count). The average molecular weight is 261 g/mol. The molecule has 0 aliphatic carbocycles. The number of nitrogens with one attached hydrogen (secondary N) is 1. The smallest absolute Gasteiger partial charge is 0.139 e. The molecule has 1 aromatic carbocycles. The first-order chi connectivity index (χ1) is 7.79. The van der Waals surface area contributed by atoms with Crippen LogP contribution in [0, 0.1) is 11.6 Å². The molecule has 0 heterocycles. The van der Waals surface area contributed by atoms with Crippen LogP contribution in [0.5, 0.6) is 0 Å². The lowest BCUT2D eigenvalue weighted by atomic mass is 10.1. The van der Waals surface area contributed by atoms with E-state index in [9.17, 15) is 13.0 Å². The van der Waals surface area contributed by atoms with Crippen LogP contribution >= 0.6 is 0 Å². The highest BCUT2D eigenvalue weighted by molar-refractivity contribution is 7.85. The molecule has 0 spiro atoms. The first-order valence-electron chi connectivity index (χ1n) is 5.38. The molecular formula is C12H17F2NOS. The molecule has 0 aliphatic rings. The summed E-state index contributed by atoms with van der Waals surface area (Å²) >= 11 is 0. The molecule has 0 saturated carbocycles. The van der Waals surface area contributed by atoms with Gasteiger partial charge in [-0.1, -0.05) is 0 Å². The maximum atomic E-state index is 13.3. The monoisotopic (exact) mass is 261 g/mol. The van der Waals surface area contributed by atoms with Crippen molar-refractivity contribution in [1.82, 2.24) is 5.32 Å². The fourth-order valence-electron chi connectivity index (χ4n) is 1.28. The minimum Gasteiger partial charge on any atom is -0.311 e. The van der Waals surface area contributed by atoms with Crippen molar-refractivity contribution in [2.24, 2.45) is 0 Å². The van der Waals surface area contributed by atoms with E-state index in [1.165, 1.54) is 0 Å². The Labute approximate surface area is 103 Å². The van der Waals surface area contributed by atoms with Gasteiger partial charge in [-0.15, -0.1) is 0 Å². The normalized spacial score (nSPS) is 13.7. The zero-order valence-corrected chi connectivity index (χ0v) is 11.0. The summed E-state index contributed by atoms with van der Waals surface area (Å²) in [5.74, 6) is -0.934. The van der Waals surface area contributed by atoms with Crippen LogP contribution in [0.2, 0.25) is 0 Å². The molecule has 1 atom stereocenters. The van der Waals surface area contributed by atoms with Crippen LogP contribution in [-0.2, 0) is 10.8 Å². The third-order valence-corrected chi connectivity index (χ3v) is 3.46. The van der Waals surface area contributed by atoms with Gasteiger partial charge in [0.1, 0.15) is 11.6 Å². The van der Waals surface area contributed by atoms with Gasteiger partial charge in [0, 0.05) is 17.8 Å². The molecule has 2 nitrogen and oxygen atoms in total. The van der Waals surface area contributed by atoms with Gasteiger partial charge in [-0.2, -0.15) is 0 Å². The molecule has 0 aliphatic heterocycles. The minimum atomic E-state index is -1.52. The van der Waals surface area contributed by atoms with E-state index in [1.54, 1.807) is 0 Å². The predicted molar refractivity (Wildman–Crippen MR) is 65.4 cm³/mol. The Balaban J connectivity index is 2.61. The van der Waals surface area contributed by atoms with Crippen LogP contribution in [0.1, 0.15) is 20.8 Å². The average Bonchev–Trinajstić information content (AvgIpc) is 2.19. The summed E-state index contributed by atoms with van der Waals surface area (Å²) in [7, 11) is -1.52. The van der Waals surface area contributed by atoms with E-state index in [2.05, 4.69) is 5.32 Å². The summed E-state index contributed by atoms with van der Waals surface area (Å²) in [4.78, 5) is -0.0688.